The van der Waals surface area contributed by atoms with Gasteiger partial charge in [0.2, 0.25) is 27.8 Å². The first kappa shape index (κ1) is 23.0. The number of halogens is 2. The molecule has 9 nitrogen and oxygen atoms in total. The van der Waals surface area contributed by atoms with Crippen LogP contribution in [0.2, 0.25) is 10.3 Å². The van der Waals surface area contributed by atoms with Crippen molar-refractivity contribution in [2.75, 3.05) is 5.32 Å². The molecule has 0 unspecified atom stereocenters. The van der Waals surface area contributed by atoms with E-state index in [1.54, 1.807) is 12.1 Å². The largest absolute Gasteiger partial charge is 0.343 e. The van der Waals surface area contributed by atoms with Crippen molar-refractivity contribution in [1.82, 2.24) is 20.0 Å². The minimum absolute atomic E-state index is 0.0310. The third-order valence-corrected chi connectivity index (χ3v) is 5.65. The van der Waals surface area contributed by atoms with E-state index in [-0.39, 0.29) is 21.2 Å². The molecule has 3 N–H and O–H groups in total. The number of carbonyl (C=O) groups is 2. The fraction of sp³-hybridized carbons (Fsp3) is 0.294. The van der Waals surface area contributed by atoms with Gasteiger partial charge in [-0.3, -0.25) is 14.9 Å². The monoisotopic (exact) mass is 459 g/mol. The maximum atomic E-state index is 12.4. The summed E-state index contributed by atoms with van der Waals surface area (Å²) in [5.41, 5.74) is 0.902. The number of aryl methyl sites for hydroxylation is 1. The Kier molecular flexibility index (Phi) is 7.53. The van der Waals surface area contributed by atoms with Gasteiger partial charge in [-0.05, 0) is 32.9 Å². The van der Waals surface area contributed by atoms with Crippen molar-refractivity contribution in [2.24, 2.45) is 0 Å². The highest BCUT2D eigenvalue weighted by atomic mass is 35.5. The summed E-state index contributed by atoms with van der Waals surface area (Å²) in [5.74, 6) is -1.44. The smallest absolute Gasteiger partial charge is 0.249 e. The summed E-state index contributed by atoms with van der Waals surface area (Å²) in [5, 5.41) is 4.85. The number of benzene rings is 1. The molecule has 1 heterocycles. The fourth-order valence-corrected chi connectivity index (χ4v) is 3.77. The van der Waals surface area contributed by atoms with Crippen LogP contribution in [0.15, 0.2) is 35.2 Å². The SMILES string of the molecule is Cc1ccc(S(=O)(=O)N[C@@H](C)C(=O)N[C@@H](C)C(=O)Nc2nc(Cl)cc(Cl)n2)cc1. The molecule has 2 atom stereocenters. The van der Waals surface area contributed by atoms with Gasteiger partial charge in [-0.1, -0.05) is 40.9 Å². The molecule has 0 bridgehead atoms. The Labute approximate surface area is 178 Å². The summed E-state index contributed by atoms with van der Waals surface area (Å²) in [6.45, 7) is 4.61. The van der Waals surface area contributed by atoms with Crippen molar-refractivity contribution in [3.8, 4) is 0 Å². The molecule has 0 aliphatic heterocycles. The van der Waals surface area contributed by atoms with Crippen molar-refractivity contribution < 1.29 is 18.0 Å². The Bertz CT molecular complexity index is 995. The quantitative estimate of drug-likeness (QED) is 0.541. The van der Waals surface area contributed by atoms with Gasteiger partial charge in [0.1, 0.15) is 16.3 Å². The second-order valence-corrected chi connectivity index (χ2v) is 8.70. The van der Waals surface area contributed by atoms with Crippen molar-refractivity contribution in [2.45, 2.75) is 37.8 Å². The Hall–Kier alpha value is -2.27. The van der Waals surface area contributed by atoms with Crippen LogP contribution >= 0.6 is 23.2 Å². The minimum atomic E-state index is -3.90. The van der Waals surface area contributed by atoms with Crippen LogP contribution in [-0.2, 0) is 19.6 Å². The van der Waals surface area contributed by atoms with Gasteiger partial charge in [-0.15, -0.1) is 0 Å². The molecule has 29 heavy (non-hydrogen) atoms. The Morgan fingerprint density at radius 2 is 1.52 bits per heavy atom. The molecular formula is C17H19Cl2N5O4S. The van der Waals surface area contributed by atoms with E-state index in [9.17, 15) is 18.0 Å². The molecule has 0 spiro atoms. The van der Waals surface area contributed by atoms with E-state index in [2.05, 4.69) is 25.3 Å². The Morgan fingerprint density at radius 1 is 0.966 bits per heavy atom. The second-order valence-electron chi connectivity index (χ2n) is 6.21. The molecule has 12 heteroatoms. The summed E-state index contributed by atoms with van der Waals surface area (Å²) in [4.78, 5) is 32.1. The summed E-state index contributed by atoms with van der Waals surface area (Å²) < 4.78 is 27.0. The molecule has 1 aromatic heterocycles. The van der Waals surface area contributed by atoms with Crippen LogP contribution < -0.4 is 15.4 Å². The van der Waals surface area contributed by atoms with Crippen LogP contribution in [-0.4, -0.2) is 42.3 Å². The van der Waals surface area contributed by atoms with Gasteiger partial charge in [0, 0.05) is 6.07 Å². The minimum Gasteiger partial charge on any atom is -0.343 e. The molecule has 0 saturated heterocycles. The third kappa shape index (κ3) is 6.64. The number of aromatic nitrogens is 2. The van der Waals surface area contributed by atoms with Gasteiger partial charge in [0.25, 0.3) is 0 Å². The van der Waals surface area contributed by atoms with E-state index in [0.29, 0.717) is 0 Å². The van der Waals surface area contributed by atoms with Crippen LogP contribution in [0.3, 0.4) is 0 Å². The number of nitrogens with zero attached hydrogens (tertiary/aromatic N) is 2. The molecule has 0 aliphatic carbocycles. The van der Waals surface area contributed by atoms with Gasteiger partial charge >= 0.3 is 0 Å². The molecule has 1 aromatic carbocycles. The number of hydrogen-bond donors (Lipinski definition) is 3. The molecule has 0 fully saturated rings. The van der Waals surface area contributed by atoms with E-state index in [1.165, 1.54) is 32.0 Å². The number of sulfonamides is 1. The van der Waals surface area contributed by atoms with Crippen LogP contribution in [0, 0.1) is 6.92 Å². The first-order chi connectivity index (χ1) is 13.5. The zero-order valence-corrected chi connectivity index (χ0v) is 18.1. The number of amides is 2. The summed E-state index contributed by atoms with van der Waals surface area (Å²) >= 11 is 11.5. The maximum absolute atomic E-state index is 12.4. The molecule has 2 amide bonds. The molecule has 156 valence electrons. The van der Waals surface area contributed by atoms with Crippen molar-refractivity contribution in [3.63, 3.8) is 0 Å². The van der Waals surface area contributed by atoms with E-state index >= 15 is 0 Å². The lowest BCUT2D eigenvalue weighted by Gasteiger charge is -2.18. The van der Waals surface area contributed by atoms with E-state index in [4.69, 9.17) is 23.2 Å². The lowest BCUT2D eigenvalue weighted by Crippen LogP contribution is -2.50. The highest BCUT2D eigenvalue weighted by Crippen LogP contribution is 2.14. The van der Waals surface area contributed by atoms with E-state index in [0.717, 1.165) is 5.56 Å². The summed E-state index contributed by atoms with van der Waals surface area (Å²) in [7, 11) is -3.90. The standard InChI is InChI=1S/C17H19Cl2N5O4S/c1-9-4-6-12(7-5-9)29(27,28)24-11(3)16(26)20-10(2)15(25)23-17-21-13(18)8-14(19)22-17/h4-8,10-11,24H,1-3H3,(H,20,26)(H,21,22,23,25)/t10-,11-/m0/s1. The van der Waals surface area contributed by atoms with Gasteiger partial charge in [-0.2, -0.15) is 4.72 Å². The molecule has 0 saturated carbocycles. The maximum Gasteiger partial charge on any atom is 0.249 e. The van der Waals surface area contributed by atoms with E-state index < -0.39 is 33.9 Å². The molecule has 0 aliphatic rings. The van der Waals surface area contributed by atoms with E-state index in [1.807, 2.05) is 6.92 Å². The molecule has 2 aromatic rings. The predicted molar refractivity (Wildman–Crippen MR) is 109 cm³/mol. The first-order valence-corrected chi connectivity index (χ1v) is 10.6. The highest BCUT2D eigenvalue weighted by molar-refractivity contribution is 7.89. The molecule has 0 radical (unpaired) electrons. The van der Waals surface area contributed by atoms with Gasteiger partial charge in [-0.25, -0.2) is 18.4 Å². The lowest BCUT2D eigenvalue weighted by molar-refractivity contribution is -0.127. The summed E-state index contributed by atoms with van der Waals surface area (Å²) in [6.07, 6.45) is 0. The average molecular weight is 460 g/mol. The van der Waals surface area contributed by atoms with Crippen molar-refractivity contribution in [1.29, 1.82) is 0 Å². The topological polar surface area (TPSA) is 130 Å². The molecule has 2 rings (SSSR count). The number of rotatable bonds is 7. The second kappa shape index (κ2) is 9.49. The van der Waals surface area contributed by atoms with Gasteiger partial charge < -0.3 is 5.32 Å². The highest BCUT2D eigenvalue weighted by Gasteiger charge is 2.25. The number of hydrogen-bond acceptors (Lipinski definition) is 6. The number of anilines is 1. The van der Waals surface area contributed by atoms with Crippen LogP contribution in [0.1, 0.15) is 19.4 Å². The first-order valence-electron chi connectivity index (χ1n) is 8.38. The van der Waals surface area contributed by atoms with Crippen LogP contribution in [0.25, 0.3) is 0 Å². The van der Waals surface area contributed by atoms with Crippen LogP contribution in [0.4, 0.5) is 5.95 Å². The zero-order valence-electron chi connectivity index (χ0n) is 15.7. The zero-order chi connectivity index (χ0) is 21.8. The number of carbonyl (C=O) groups excluding carboxylic acids is 2. The van der Waals surface area contributed by atoms with Crippen LogP contribution in [0.5, 0.6) is 0 Å². The lowest BCUT2D eigenvalue weighted by atomic mass is 10.2. The average Bonchev–Trinajstić information content (AvgIpc) is 2.60. The third-order valence-electron chi connectivity index (χ3n) is 3.71. The molecular weight excluding hydrogens is 441 g/mol. The number of nitrogens with one attached hydrogen (secondary N) is 3. The predicted octanol–water partition coefficient (Wildman–Crippen LogP) is 1.90. The Balaban J connectivity index is 1.97. The van der Waals surface area contributed by atoms with Crippen molar-refractivity contribution >= 4 is 51.0 Å². The summed E-state index contributed by atoms with van der Waals surface area (Å²) in [6, 6.07) is 5.35. The Morgan fingerprint density at radius 3 is 2.07 bits per heavy atom. The normalized spacial score (nSPS) is 13.4. The van der Waals surface area contributed by atoms with Gasteiger partial charge in [0.15, 0.2) is 0 Å². The van der Waals surface area contributed by atoms with Gasteiger partial charge in [0.05, 0.1) is 10.9 Å². The van der Waals surface area contributed by atoms with Crippen molar-refractivity contribution in [3.05, 3.63) is 46.2 Å². The fourth-order valence-electron chi connectivity index (χ4n) is 2.14.